The highest BCUT2D eigenvalue weighted by molar-refractivity contribution is 7.89. The molecule has 0 aliphatic carbocycles. The van der Waals surface area contributed by atoms with Crippen molar-refractivity contribution in [1.82, 2.24) is 19.9 Å². The molecule has 1 fully saturated rings. The average Bonchev–Trinajstić information content (AvgIpc) is 3.08. The highest BCUT2D eigenvalue weighted by Crippen LogP contribution is 2.39. The lowest BCUT2D eigenvalue weighted by Crippen LogP contribution is -2.47. The van der Waals surface area contributed by atoms with Gasteiger partial charge in [-0.3, -0.25) is 0 Å². The summed E-state index contributed by atoms with van der Waals surface area (Å²) in [6.07, 6.45) is 4.36. The van der Waals surface area contributed by atoms with Crippen LogP contribution < -0.4 is 10.1 Å². The van der Waals surface area contributed by atoms with Crippen molar-refractivity contribution < 1.29 is 35.9 Å². The second-order valence-electron chi connectivity index (χ2n) is 13.7. The second kappa shape index (κ2) is 14.8. The number of aromatic nitrogens is 3. The first kappa shape index (κ1) is 36.5. The first-order valence-corrected chi connectivity index (χ1v) is 18.5. The van der Waals surface area contributed by atoms with Crippen molar-refractivity contribution in [3.05, 3.63) is 107 Å². The van der Waals surface area contributed by atoms with Gasteiger partial charge in [0.1, 0.15) is 28.8 Å². The molecule has 1 N–H and O–H groups in total. The Kier molecular flexibility index (Phi) is 10.4. The Balaban J connectivity index is 1.26. The van der Waals surface area contributed by atoms with Gasteiger partial charge in [0.05, 0.1) is 22.8 Å². The Bertz CT molecular complexity index is 2230. The molecule has 1 amide bonds. The second-order valence-corrected chi connectivity index (χ2v) is 15.8. The molecule has 52 heavy (non-hydrogen) atoms. The summed E-state index contributed by atoms with van der Waals surface area (Å²) in [5, 5.41) is 4.01. The highest BCUT2D eigenvalue weighted by Gasteiger charge is 2.28. The average molecular weight is 734 g/mol. The van der Waals surface area contributed by atoms with Gasteiger partial charge in [-0.25, -0.2) is 41.3 Å². The summed E-state index contributed by atoms with van der Waals surface area (Å²) in [4.78, 5) is 27.9. The zero-order valence-corrected chi connectivity index (χ0v) is 29.9. The molecule has 0 unspecified atom stereocenters. The van der Waals surface area contributed by atoms with Gasteiger partial charge in [-0.2, -0.15) is 0 Å². The van der Waals surface area contributed by atoms with Crippen molar-refractivity contribution in [3.63, 3.8) is 0 Å². The lowest BCUT2D eigenvalue weighted by atomic mass is 10.0. The van der Waals surface area contributed by atoms with E-state index >= 15 is 4.39 Å². The maximum atomic E-state index is 15.3. The maximum absolute atomic E-state index is 15.3. The topological polar surface area (TPSA) is 124 Å². The van der Waals surface area contributed by atoms with Crippen LogP contribution in [0.4, 0.5) is 23.9 Å². The molecule has 0 bridgehead atoms. The van der Waals surface area contributed by atoms with Gasteiger partial charge in [0.15, 0.2) is 9.84 Å². The van der Waals surface area contributed by atoms with E-state index in [1.165, 1.54) is 6.07 Å². The SMILES string of the molecule is Cc1ccc2c(CS(=O)(=O)Cc3c(F)cccc3F)c(F)ccc2c1Oc1ncccc1-c1ccnc(N[C@H]2CCCN(C(=O)OC(C)(C)C)C2)n1. The van der Waals surface area contributed by atoms with Crippen LogP contribution in [0.1, 0.15) is 50.3 Å². The smallest absolute Gasteiger partial charge is 0.410 e. The fourth-order valence-corrected chi connectivity index (χ4v) is 7.63. The molecule has 14 heteroatoms. The Hall–Kier alpha value is -5.24. The van der Waals surface area contributed by atoms with E-state index in [1.807, 2.05) is 20.8 Å². The monoisotopic (exact) mass is 733 g/mol. The summed E-state index contributed by atoms with van der Waals surface area (Å²) in [6.45, 7) is 8.29. The number of hydrogen-bond donors (Lipinski definition) is 1. The van der Waals surface area contributed by atoms with E-state index in [2.05, 4.69) is 15.3 Å². The number of likely N-dealkylation sites (tertiary alicyclic amines) is 1. The third kappa shape index (κ3) is 8.44. The molecule has 1 aliphatic rings. The Labute approximate surface area is 300 Å². The van der Waals surface area contributed by atoms with Gasteiger partial charge in [-0.15, -0.1) is 0 Å². The number of benzene rings is 3. The largest absolute Gasteiger partial charge is 0.444 e. The lowest BCUT2D eigenvalue weighted by molar-refractivity contribution is 0.0206. The van der Waals surface area contributed by atoms with Crippen molar-refractivity contribution >= 4 is 32.7 Å². The minimum atomic E-state index is -4.22. The lowest BCUT2D eigenvalue weighted by Gasteiger charge is -2.34. The third-order valence-electron chi connectivity index (χ3n) is 8.50. The van der Waals surface area contributed by atoms with E-state index in [9.17, 15) is 22.0 Å². The summed E-state index contributed by atoms with van der Waals surface area (Å²) in [5.41, 5.74) is 0.329. The summed E-state index contributed by atoms with van der Waals surface area (Å²) in [7, 11) is -4.22. The van der Waals surface area contributed by atoms with E-state index in [0.717, 1.165) is 37.1 Å². The van der Waals surface area contributed by atoms with E-state index in [-0.39, 0.29) is 29.0 Å². The molecule has 2 aromatic heterocycles. The molecular weight excluding hydrogens is 696 g/mol. The van der Waals surface area contributed by atoms with Crippen molar-refractivity contribution in [1.29, 1.82) is 0 Å². The van der Waals surface area contributed by atoms with Crippen LogP contribution in [0.5, 0.6) is 11.6 Å². The molecule has 1 saturated heterocycles. The molecule has 0 radical (unpaired) electrons. The van der Waals surface area contributed by atoms with Crippen molar-refractivity contribution in [3.8, 4) is 22.9 Å². The number of aryl methyl sites for hydroxylation is 1. The van der Waals surface area contributed by atoms with Crippen LogP contribution >= 0.6 is 0 Å². The quantitative estimate of drug-likeness (QED) is 0.160. The normalized spacial score (nSPS) is 15.1. The minimum Gasteiger partial charge on any atom is -0.444 e. The minimum absolute atomic E-state index is 0.108. The molecule has 6 rings (SSSR count). The van der Waals surface area contributed by atoms with Crippen LogP contribution in [0, 0.1) is 24.4 Å². The molecule has 3 aromatic carbocycles. The number of rotatable bonds is 9. The fraction of sp³-hybridized carbons (Fsp3) is 0.316. The fourth-order valence-electron chi connectivity index (χ4n) is 6.08. The molecule has 5 aromatic rings. The van der Waals surface area contributed by atoms with Crippen LogP contribution in [-0.2, 0) is 26.1 Å². The van der Waals surface area contributed by atoms with E-state index in [4.69, 9.17) is 14.5 Å². The Morgan fingerprint density at radius 2 is 1.62 bits per heavy atom. The molecule has 1 aliphatic heterocycles. The van der Waals surface area contributed by atoms with Gasteiger partial charge in [0.25, 0.3) is 0 Å². The predicted octanol–water partition coefficient (Wildman–Crippen LogP) is 8.14. The van der Waals surface area contributed by atoms with E-state index < -0.39 is 50.0 Å². The van der Waals surface area contributed by atoms with Gasteiger partial charge < -0.3 is 19.7 Å². The zero-order chi connectivity index (χ0) is 37.2. The van der Waals surface area contributed by atoms with Crippen LogP contribution in [0.25, 0.3) is 22.0 Å². The number of halogens is 3. The van der Waals surface area contributed by atoms with Crippen LogP contribution in [0.3, 0.4) is 0 Å². The number of piperidine rings is 1. The van der Waals surface area contributed by atoms with Gasteiger partial charge in [-0.1, -0.05) is 18.2 Å². The van der Waals surface area contributed by atoms with Gasteiger partial charge in [-0.05, 0) is 94.0 Å². The third-order valence-corrected chi connectivity index (χ3v) is 9.96. The molecule has 0 saturated carbocycles. The molecule has 1 atom stereocenters. The number of hydrogen-bond acceptors (Lipinski definition) is 9. The number of carbonyl (C=O) groups is 1. The maximum Gasteiger partial charge on any atom is 0.410 e. The number of amides is 1. The first-order valence-electron chi connectivity index (χ1n) is 16.7. The van der Waals surface area contributed by atoms with E-state index in [1.54, 1.807) is 54.5 Å². The van der Waals surface area contributed by atoms with Gasteiger partial charge in [0, 0.05) is 48.0 Å². The molecule has 10 nitrogen and oxygen atoms in total. The predicted molar refractivity (Wildman–Crippen MR) is 191 cm³/mol. The van der Waals surface area contributed by atoms with Crippen molar-refractivity contribution in [2.45, 2.75) is 63.7 Å². The Morgan fingerprint density at radius 3 is 2.37 bits per heavy atom. The number of nitrogens with zero attached hydrogens (tertiary/aromatic N) is 4. The van der Waals surface area contributed by atoms with Crippen molar-refractivity contribution in [2.75, 3.05) is 18.4 Å². The standard InChI is InChI=1S/C38H38F3N5O5S/c1-23-12-13-25-26(14-15-32(41)28(25)21-52(48,49)22-29-30(39)10-5-11-31(29)40)34(23)50-35-27(9-6-17-42-35)33-16-18-43-36(45-33)44-24-8-7-19-46(20-24)37(47)51-38(2,3)4/h5-6,9-18,24H,7-8,19-22H2,1-4H3,(H,43,44,45)/t24-/m0/s1. The van der Waals surface area contributed by atoms with Crippen LogP contribution in [0.15, 0.2) is 73.1 Å². The van der Waals surface area contributed by atoms with Gasteiger partial charge in [0.2, 0.25) is 11.8 Å². The number of nitrogens with one attached hydrogen (secondary N) is 1. The zero-order valence-electron chi connectivity index (χ0n) is 29.1. The Morgan fingerprint density at radius 1 is 0.904 bits per heavy atom. The number of pyridine rings is 1. The molecule has 3 heterocycles. The number of sulfone groups is 1. The summed E-state index contributed by atoms with van der Waals surface area (Å²) in [5.74, 6) is -3.67. The van der Waals surface area contributed by atoms with Crippen LogP contribution in [0.2, 0.25) is 0 Å². The number of fused-ring (bicyclic) bond motifs is 1. The number of ether oxygens (including phenoxy) is 2. The van der Waals surface area contributed by atoms with Crippen molar-refractivity contribution in [2.24, 2.45) is 0 Å². The number of anilines is 1. The molecule has 272 valence electrons. The van der Waals surface area contributed by atoms with E-state index in [0.29, 0.717) is 47.0 Å². The van der Waals surface area contributed by atoms with Crippen LogP contribution in [-0.4, -0.2) is 59.1 Å². The molecular formula is C38H38F3N5O5S. The highest BCUT2D eigenvalue weighted by atomic mass is 32.2. The molecule has 0 spiro atoms. The summed E-state index contributed by atoms with van der Waals surface area (Å²) < 4.78 is 82.2. The summed E-state index contributed by atoms with van der Waals surface area (Å²) >= 11 is 0. The van der Waals surface area contributed by atoms with Gasteiger partial charge >= 0.3 is 6.09 Å². The number of carbonyl (C=O) groups excluding carboxylic acids is 1. The summed E-state index contributed by atoms with van der Waals surface area (Å²) in [6, 6.07) is 14.1. The first-order chi connectivity index (χ1) is 24.7.